The maximum Gasteiger partial charge on any atom is 0.244 e. The lowest BCUT2D eigenvalue weighted by molar-refractivity contribution is -0.116. The number of aromatic nitrogens is 1. The molecule has 0 atom stereocenters. The first-order valence-corrected chi connectivity index (χ1v) is 13.0. The van der Waals surface area contributed by atoms with Gasteiger partial charge in [-0.1, -0.05) is 29.0 Å². The summed E-state index contributed by atoms with van der Waals surface area (Å²) >= 11 is 7.21. The Hall–Kier alpha value is -2.20. The van der Waals surface area contributed by atoms with Crippen molar-refractivity contribution in [3.05, 3.63) is 47.5 Å². The van der Waals surface area contributed by atoms with Gasteiger partial charge < -0.3 is 9.64 Å². The summed E-state index contributed by atoms with van der Waals surface area (Å²) < 4.78 is 32.2. The van der Waals surface area contributed by atoms with Gasteiger partial charge in [0, 0.05) is 11.6 Å². The molecule has 0 aliphatic carbocycles. The second kappa shape index (κ2) is 10.6. The molecule has 0 aliphatic rings. The smallest absolute Gasteiger partial charge is 0.244 e. The third-order valence-electron chi connectivity index (χ3n) is 4.68. The summed E-state index contributed by atoms with van der Waals surface area (Å²) in [6.45, 7) is 3.50. The summed E-state index contributed by atoms with van der Waals surface area (Å²) in [4.78, 5) is 21.4. The van der Waals surface area contributed by atoms with Crippen LogP contribution in [0.25, 0.3) is 10.2 Å². The van der Waals surface area contributed by atoms with Crippen LogP contribution in [0.1, 0.15) is 13.3 Å². The van der Waals surface area contributed by atoms with Gasteiger partial charge in [0.15, 0.2) is 15.0 Å². The molecular formula is C22H26ClN3O4S2. The van der Waals surface area contributed by atoms with Gasteiger partial charge in [0.2, 0.25) is 5.91 Å². The summed E-state index contributed by atoms with van der Waals surface area (Å²) in [5, 5.41) is 0.891. The summed E-state index contributed by atoms with van der Waals surface area (Å²) in [6.07, 6.45) is 0.675. The fourth-order valence-corrected chi connectivity index (χ4v) is 5.49. The lowest BCUT2D eigenvalue weighted by Crippen LogP contribution is -2.37. The Bertz CT molecular complexity index is 1180. The number of carbonyl (C=O) groups excluding carboxylic acids is 1. The highest BCUT2D eigenvalue weighted by Gasteiger charge is 2.27. The molecule has 0 bridgehead atoms. The second-order valence-corrected chi connectivity index (χ2v) is 10.9. The molecule has 0 radical (unpaired) electrons. The minimum atomic E-state index is -3.83. The first-order chi connectivity index (χ1) is 15.2. The van der Waals surface area contributed by atoms with E-state index in [1.807, 2.05) is 44.1 Å². The zero-order valence-corrected chi connectivity index (χ0v) is 20.6. The largest absolute Gasteiger partial charge is 0.492 e. The van der Waals surface area contributed by atoms with Gasteiger partial charge >= 0.3 is 0 Å². The van der Waals surface area contributed by atoms with E-state index >= 15 is 0 Å². The maximum atomic E-state index is 13.2. The van der Waals surface area contributed by atoms with Crippen molar-refractivity contribution in [1.82, 2.24) is 9.88 Å². The van der Waals surface area contributed by atoms with Crippen molar-refractivity contribution in [2.24, 2.45) is 0 Å². The van der Waals surface area contributed by atoms with Crippen molar-refractivity contribution in [2.45, 2.75) is 18.2 Å². The first kappa shape index (κ1) is 24.4. The molecule has 0 aliphatic heterocycles. The van der Waals surface area contributed by atoms with Gasteiger partial charge in [-0.3, -0.25) is 9.69 Å². The highest BCUT2D eigenvalue weighted by Crippen LogP contribution is 2.34. The molecule has 172 valence electrons. The van der Waals surface area contributed by atoms with Gasteiger partial charge in [0.25, 0.3) is 0 Å². The Balaban J connectivity index is 1.91. The van der Waals surface area contributed by atoms with Crippen LogP contribution in [0, 0.1) is 0 Å². The van der Waals surface area contributed by atoms with Crippen molar-refractivity contribution in [3.8, 4) is 5.75 Å². The van der Waals surface area contributed by atoms with E-state index in [0.717, 1.165) is 11.2 Å². The fourth-order valence-electron chi connectivity index (χ4n) is 3.14. The number of sulfone groups is 1. The number of thiazole rings is 1. The Kier molecular flexibility index (Phi) is 8.10. The number of carbonyl (C=O) groups is 1. The Morgan fingerprint density at radius 3 is 2.50 bits per heavy atom. The summed E-state index contributed by atoms with van der Waals surface area (Å²) in [6, 6.07) is 11.4. The molecule has 0 fully saturated rings. The SMILES string of the molecule is CCOc1cccc2sc(N(CCCN(C)C)C(=O)CS(=O)(=O)c3ccc(Cl)cc3)nc12. The van der Waals surface area contributed by atoms with Crippen LogP contribution in [0.5, 0.6) is 5.75 Å². The number of anilines is 1. The van der Waals surface area contributed by atoms with E-state index < -0.39 is 21.5 Å². The lowest BCUT2D eigenvalue weighted by atomic mass is 10.3. The zero-order valence-electron chi connectivity index (χ0n) is 18.2. The van der Waals surface area contributed by atoms with Crippen molar-refractivity contribution < 1.29 is 17.9 Å². The minimum Gasteiger partial charge on any atom is -0.492 e. The van der Waals surface area contributed by atoms with Crippen LogP contribution in [0.15, 0.2) is 47.4 Å². The van der Waals surface area contributed by atoms with E-state index in [0.29, 0.717) is 41.0 Å². The number of benzene rings is 2. The van der Waals surface area contributed by atoms with Gasteiger partial charge in [-0.2, -0.15) is 0 Å². The third kappa shape index (κ3) is 5.98. The molecule has 3 rings (SSSR count). The predicted octanol–water partition coefficient (Wildman–Crippen LogP) is 4.11. The molecule has 0 saturated heterocycles. The Labute approximate surface area is 197 Å². The molecule has 32 heavy (non-hydrogen) atoms. The maximum absolute atomic E-state index is 13.2. The van der Waals surface area contributed by atoms with Crippen molar-refractivity contribution in [2.75, 3.05) is 44.4 Å². The number of hydrogen-bond donors (Lipinski definition) is 0. The lowest BCUT2D eigenvalue weighted by Gasteiger charge is -2.21. The van der Waals surface area contributed by atoms with E-state index in [1.54, 1.807) is 0 Å². The highest BCUT2D eigenvalue weighted by molar-refractivity contribution is 7.92. The second-order valence-electron chi connectivity index (χ2n) is 7.45. The van der Waals surface area contributed by atoms with Crippen LogP contribution in [0.3, 0.4) is 0 Å². The monoisotopic (exact) mass is 495 g/mol. The van der Waals surface area contributed by atoms with E-state index in [-0.39, 0.29) is 4.90 Å². The van der Waals surface area contributed by atoms with E-state index in [2.05, 4.69) is 4.98 Å². The van der Waals surface area contributed by atoms with Crippen LogP contribution in [0.2, 0.25) is 5.02 Å². The molecule has 10 heteroatoms. The molecule has 1 heterocycles. The molecule has 2 aromatic carbocycles. The first-order valence-electron chi connectivity index (χ1n) is 10.2. The average molecular weight is 496 g/mol. The minimum absolute atomic E-state index is 0.0615. The normalized spacial score (nSPS) is 11.8. The van der Waals surface area contributed by atoms with Gasteiger partial charge in [-0.25, -0.2) is 13.4 Å². The molecular weight excluding hydrogens is 470 g/mol. The summed E-state index contributed by atoms with van der Waals surface area (Å²) in [5.74, 6) is -0.525. The Morgan fingerprint density at radius 1 is 1.12 bits per heavy atom. The van der Waals surface area contributed by atoms with Gasteiger partial charge in [-0.05, 0) is 70.4 Å². The number of nitrogens with zero attached hydrogens (tertiary/aromatic N) is 3. The van der Waals surface area contributed by atoms with E-state index in [4.69, 9.17) is 16.3 Å². The number of halogens is 1. The van der Waals surface area contributed by atoms with Crippen molar-refractivity contribution in [1.29, 1.82) is 0 Å². The zero-order chi connectivity index (χ0) is 23.3. The molecule has 0 saturated carbocycles. The summed E-state index contributed by atoms with van der Waals surface area (Å²) in [7, 11) is 0.0696. The van der Waals surface area contributed by atoms with Crippen LogP contribution in [-0.2, 0) is 14.6 Å². The number of rotatable bonds is 10. The molecule has 0 spiro atoms. The van der Waals surface area contributed by atoms with Gasteiger partial charge in [-0.15, -0.1) is 0 Å². The number of amides is 1. The number of hydrogen-bond acceptors (Lipinski definition) is 7. The standard InChI is InChI=1S/C22H26ClN3O4S2/c1-4-30-18-7-5-8-19-21(18)24-22(31-19)26(14-6-13-25(2)3)20(27)15-32(28,29)17-11-9-16(23)10-12-17/h5,7-12H,4,6,13-15H2,1-3H3. The van der Waals surface area contributed by atoms with Crippen LogP contribution >= 0.6 is 22.9 Å². The van der Waals surface area contributed by atoms with Crippen LogP contribution in [0.4, 0.5) is 5.13 Å². The molecule has 7 nitrogen and oxygen atoms in total. The van der Waals surface area contributed by atoms with Gasteiger partial charge in [0.05, 0.1) is 16.2 Å². The van der Waals surface area contributed by atoms with Crippen LogP contribution in [-0.4, -0.2) is 63.8 Å². The topological polar surface area (TPSA) is 79.8 Å². The highest BCUT2D eigenvalue weighted by atomic mass is 35.5. The third-order valence-corrected chi connectivity index (χ3v) is 7.59. The molecule has 1 aromatic heterocycles. The molecule has 3 aromatic rings. The molecule has 0 unspecified atom stereocenters. The predicted molar refractivity (Wildman–Crippen MR) is 130 cm³/mol. The van der Waals surface area contributed by atoms with E-state index in [1.165, 1.54) is 40.5 Å². The number of para-hydroxylation sites is 1. The number of fused-ring (bicyclic) bond motifs is 1. The fraction of sp³-hybridized carbons (Fsp3) is 0.364. The quantitative estimate of drug-likeness (QED) is 0.421. The van der Waals surface area contributed by atoms with Crippen LogP contribution < -0.4 is 9.64 Å². The van der Waals surface area contributed by atoms with Crippen molar-refractivity contribution in [3.63, 3.8) is 0 Å². The van der Waals surface area contributed by atoms with Crippen molar-refractivity contribution >= 4 is 54.0 Å². The number of ether oxygens (including phenoxy) is 1. The molecule has 1 amide bonds. The average Bonchev–Trinajstić information content (AvgIpc) is 3.16. The Morgan fingerprint density at radius 2 is 1.84 bits per heavy atom. The van der Waals surface area contributed by atoms with Gasteiger partial charge in [0.1, 0.15) is 17.0 Å². The summed E-state index contributed by atoms with van der Waals surface area (Å²) in [5.41, 5.74) is 0.667. The van der Waals surface area contributed by atoms with E-state index in [9.17, 15) is 13.2 Å². The molecule has 0 N–H and O–H groups in total.